The Morgan fingerprint density at radius 1 is 1.24 bits per heavy atom. The third kappa shape index (κ3) is 3.82. The number of hydrogen-bond donors (Lipinski definition) is 2. The second kappa shape index (κ2) is 7.12. The van der Waals surface area contributed by atoms with E-state index in [4.69, 9.17) is 0 Å². The number of aryl methyl sites for hydroxylation is 1. The van der Waals surface area contributed by atoms with E-state index >= 15 is 0 Å². The van der Waals surface area contributed by atoms with Gasteiger partial charge < -0.3 is 5.32 Å². The number of pyridine rings is 1. The van der Waals surface area contributed by atoms with Gasteiger partial charge in [-0.15, -0.1) is 0 Å². The number of nitrogens with one attached hydrogen (secondary N) is 2. The quantitative estimate of drug-likeness (QED) is 0.885. The van der Waals surface area contributed by atoms with Gasteiger partial charge in [-0.3, -0.25) is 25.0 Å². The van der Waals surface area contributed by atoms with Crippen molar-refractivity contribution < 1.29 is 9.59 Å². The third-order valence-corrected chi connectivity index (χ3v) is 3.83. The molecule has 2 N–H and O–H groups in total. The molecule has 0 saturated heterocycles. The van der Waals surface area contributed by atoms with E-state index in [-0.39, 0.29) is 30.2 Å². The molecule has 0 saturated carbocycles. The van der Waals surface area contributed by atoms with E-state index in [1.807, 2.05) is 56.3 Å². The van der Waals surface area contributed by atoms with E-state index in [9.17, 15) is 9.59 Å². The summed E-state index contributed by atoms with van der Waals surface area (Å²) in [6.07, 6.45) is 1.67. The summed E-state index contributed by atoms with van der Waals surface area (Å²) in [5.74, 6) is -0.510. The summed E-state index contributed by atoms with van der Waals surface area (Å²) in [5.41, 5.74) is 5.29. The summed E-state index contributed by atoms with van der Waals surface area (Å²) in [7, 11) is 0. The Hall–Kier alpha value is -3.22. The predicted octanol–water partition coefficient (Wildman–Crippen LogP) is 1.52. The fraction of sp³-hybridized carbons (Fsp3) is 0.222. The monoisotopic (exact) mass is 337 g/mol. The third-order valence-electron chi connectivity index (χ3n) is 3.83. The first-order chi connectivity index (χ1) is 12.0. The van der Waals surface area contributed by atoms with Crippen molar-refractivity contribution in [1.82, 2.24) is 15.7 Å². The molecular weight excluding hydrogens is 318 g/mol. The topological polar surface area (TPSA) is 86.7 Å². The highest BCUT2D eigenvalue weighted by atomic mass is 16.2. The van der Waals surface area contributed by atoms with Gasteiger partial charge in [0.25, 0.3) is 11.8 Å². The van der Waals surface area contributed by atoms with Crippen molar-refractivity contribution in [2.75, 3.05) is 11.6 Å². The predicted molar refractivity (Wildman–Crippen MR) is 94.9 cm³/mol. The Bertz CT molecular complexity index is 802. The Kier molecular flexibility index (Phi) is 4.74. The summed E-state index contributed by atoms with van der Waals surface area (Å²) in [6.45, 7) is 3.72. The SMILES string of the molecule is Cc1ccc(N2NC(C(=O)NC(C)c3ccccn3)=NCC2=O)cc1. The molecule has 2 amide bonds. The van der Waals surface area contributed by atoms with Gasteiger partial charge in [0.1, 0.15) is 6.54 Å². The molecule has 1 aliphatic rings. The lowest BCUT2D eigenvalue weighted by molar-refractivity contribution is -0.118. The lowest BCUT2D eigenvalue weighted by atomic mass is 10.2. The number of anilines is 1. The average molecular weight is 337 g/mol. The van der Waals surface area contributed by atoms with Crippen LogP contribution in [-0.2, 0) is 9.59 Å². The van der Waals surface area contributed by atoms with E-state index in [0.29, 0.717) is 5.69 Å². The van der Waals surface area contributed by atoms with Gasteiger partial charge in [0.05, 0.1) is 17.4 Å². The lowest BCUT2D eigenvalue weighted by Crippen LogP contribution is -2.56. The number of amides is 2. The minimum absolute atomic E-state index is 0.0817. The molecule has 1 aromatic carbocycles. The van der Waals surface area contributed by atoms with Crippen LogP contribution in [0.15, 0.2) is 53.7 Å². The summed E-state index contributed by atoms with van der Waals surface area (Å²) in [5, 5.41) is 4.17. The normalized spacial score (nSPS) is 15.2. The van der Waals surface area contributed by atoms with Gasteiger partial charge in [-0.1, -0.05) is 23.8 Å². The highest BCUT2D eigenvalue weighted by Gasteiger charge is 2.26. The van der Waals surface area contributed by atoms with E-state index < -0.39 is 0 Å². The maximum Gasteiger partial charge on any atom is 0.288 e. The summed E-state index contributed by atoms with van der Waals surface area (Å²) < 4.78 is 0. The van der Waals surface area contributed by atoms with Crippen LogP contribution in [0.3, 0.4) is 0 Å². The molecule has 1 atom stereocenters. The van der Waals surface area contributed by atoms with Crippen molar-refractivity contribution in [3.8, 4) is 0 Å². The van der Waals surface area contributed by atoms with Gasteiger partial charge in [0.15, 0.2) is 0 Å². The zero-order chi connectivity index (χ0) is 17.8. The molecule has 0 bridgehead atoms. The fourth-order valence-corrected chi connectivity index (χ4v) is 2.42. The van der Waals surface area contributed by atoms with Gasteiger partial charge in [0.2, 0.25) is 5.84 Å². The van der Waals surface area contributed by atoms with Crippen molar-refractivity contribution in [1.29, 1.82) is 0 Å². The second-order valence-electron chi connectivity index (χ2n) is 5.79. The van der Waals surface area contributed by atoms with Crippen molar-refractivity contribution in [2.24, 2.45) is 4.99 Å². The largest absolute Gasteiger partial charge is 0.341 e. The summed E-state index contributed by atoms with van der Waals surface area (Å²) in [6, 6.07) is 12.7. The van der Waals surface area contributed by atoms with Gasteiger partial charge >= 0.3 is 0 Å². The van der Waals surface area contributed by atoms with E-state index in [1.165, 1.54) is 5.01 Å². The molecule has 1 aromatic heterocycles. The molecule has 2 aromatic rings. The maximum atomic E-state index is 12.4. The van der Waals surface area contributed by atoms with Crippen LogP contribution in [0.1, 0.15) is 24.2 Å². The average Bonchev–Trinajstić information content (AvgIpc) is 2.63. The number of aromatic nitrogens is 1. The standard InChI is InChI=1S/C18H19N5O2/c1-12-6-8-14(9-7-12)23-16(24)11-20-17(22-23)18(25)21-13(2)15-5-3-4-10-19-15/h3-10,13H,11H2,1-2H3,(H,20,22)(H,21,25). The second-order valence-corrected chi connectivity index (χ2v) is 5.79. The van der Waals surface area contributed by atoms with Crippen LogP contribution in [0.4, 0.5) is 5.69 Å². The first-order valence-electron chi connectivity index (χ1n) is 7.97. The molecule has 0 fully saturated rings. The van der Waals surface area contributed by atoms with Gasteiger partial charge in [-0.05, 0) is 38.1 Å². The number of hydrogen-bond acceptors (Lipinski definition) is 5. The molecule has 3 rings (SSSR count). The van der Waals surface area contributed by atoms with Crippen LogP contribution in [-0.4, -0.2) is 29.2 Å². The number of hydrazine groups is 1. The van der Waals surface area contributed by atoms with Crippen molar-refractivity contribution in [2.45, 2.75) is 19.9 Å². The number of nitrogens with zero attached hydrogens (tertiary/aromatic N) is 3. The molecule has 1 unspecified atom stereocenters. The molecular formula is C18H19N5O2. The summed E-state index contributed by atoms with van der Waals surface area (Å²) >= 11 is 0. The minimum Gasteiger partial charge on any atom is -0.341 e. The molecule has 2 heterocycles. The van der Waals surface area contributed by atoms with E-state index in [0.717, 1.165) is 11.3 Å². The Morgan fingerprint density at radius 3 is 2.68 bits per heavy atom. The van der Waals surface area contributed by atoms with E-state index in [1.54, 1.807) is 6.20 Å². The number of carbonyl (C=O) groups is 2. The number of amidine groups is 1. The number of carbonyl (C=O) groups excluding carboxylic acids is 2. The molecule has 1 aliphatic heterocycles. The summed E-state index contributed by atoms with van der Waals surface area (Å²) in [4.78, 5) is 32.8. The van der Waals surface area contributed by atoms with Crippen LogP contribution in [0.5, 0.6) is 0 Å². The van der Waals surface area contributed by atoms with Crippen LogP contribution in [0.25, 0.3) is 0 Å². The zero-order valence-corrected chi connectivity index (χ0v) is 14.1. The van der Waals surface area contributed by atoms with Crippen LogP contribution in [0.2, 0.25) is 0 Å². The first kappa shape index (κ1) is 16.6. The molecule has 25 heavy (non-hydrogen) atoms. The van der Waals surface area contributed by atoms with Crippen molar-refractivity contribution in [3.63, 3.8) is 0 Å². The Balaban J connectivity index is 1.71. The van der Waals surface area contributed by atoms with Crippen LogP contribution in [0, 0.1) is 6.92 Å². The molecule has 128 valence electrons. The molecule has 0 aliphatic carbocycles. The molecule has 7 heteroatoms. The lowest BCUT2D eigenvalue weighted by Gasteiger charge is -2.28. The Labute approximate surface area is 145 Å². The minimum atomic E-state index is -0.386. The number of benzene rings is 1. The number of rotatable bonds is 4. The first-order valence-corrected chi connectivity index (χ1v) is 7.97. The van der Waals surface area contributed by atoms with Crippen LogP contribution < -0.4 is 15.8 Å². The zero-order valence-electron chi connectivity index (χ0n) is 14.1. The molecule has 0 radical (unpaired) electrons. The van der Waals surface area contributed by atoms with Gasteiger partial charge in [0, 0.05) is 6.20 Å². The van der Waals surface area contributed by atoms with Gasteiger partial charge in [-0.2, -0.15) is 0 Å². The highest BCUT2D eigenvalue weighted by molar-refractivity contribution is 6.39. The molecule has 7 nitrogen and oxygen atoms in total. The smallest absolute Gasteiger partial charge is 0.288 e. The molecule has 0 spiro atoms. The van der Waals surface area contributed by atoms with Crippen molar-refractivity contribution in [3.05, 3.63) is 59.9 Å². The van der Waals surface area contributed by atoms with Crippen molar-refractivity contribution >= 4 is 23.3 Å². The van der Waals surface area contributed by atoms with Gasteiger partial charge in [-0.25, -0.2) is 5.01 Å². The number of aliphatic imine (C=N–C) groups is 1. The Morgan fingerprint density at radius 2 is 2.00 bits per heavy atom. The maximum absolute atomic E-state index is 12.4. The van der Waals surface area contributed by atoms with Crippen LogP contribution >= 0.6 is 0 Å². The fourth-order valence-electron chi connectivity index (χ4n) is 2.42. The highest BCUT2D eigenvalue weighted by Crippen LogP contribution is 2.15. The van der Waals surface area contributed by atoms with E-state index in [2.05, 4.69) is 20.7 Å².